The highest BCUT2D eigenvalue weighted by atomic mass is 32.1. The number of nitrogens with one attached hydrogen (secondary N) is 1. The van der Waals surface area contributed by atoms with Gasteiger partial charge in [-0.25, -0.2) is 9.18 Å². The Morgan fingerprint density at radius 3 is 2.73 bits per heavy atom. The van der Waals surface area contributed by atoms with Crippen LogP contribution in [0.25, 0.3) is 0 Å². The standard InChI is InChI=1S/C26H33FN2O3S/c27-22-4-1-3-21(14-22)26(30)32-25(33)13-19-8-6-18(7-9-19)11-20-12-24(16-28-15-20)31-17-23-5-2-10-29-23/h1,3-4,12,14-16,18-19,23,25,29,33H,2,5-11,13,17H2/t18?,19?,23-,25?/m0/s1. The molecule has 33 heavy (non-hydrogen) atoms. The van der Waals surface area contributed by atoms with Gasteiger partial charge in [-0.1, -0.05) is 18.9 Å². The average Bonchev–Trinajstić information content (AvgIpc) is 3.33. The molecule has 5 nitrogen and oxygen atoms in total. The number of ether oxygens (including phenoxy) is 2. The highest BCUT2D eigenvalue weighted by molar-refractivity contribution is 7.80. The minimum absolute atomic E-state index is 0.220. The van der Waals surface area contributed by atoms with Crippen LogP contribution in [0.4, 0.5) is 4.39 Å². The molecule has 1 aliphatic heterocycles. The number of hydrogen-bond donors (Lipinski definition) is 2. The highest BCUT2D eigenvalue weighted by Gasteiger charge is 2.25. The molecule has 2 atom stereocenters. The number of pyridine rings is 1. The second kappa shape index (κ2) is 11.8. The van der Waals surface area contributed by atoms with Crippen molar-refractivity contribution in [2.45, 2.75) is 62.8 Å². The van der Waals surface area contributed by atoms with E-state index in [2.05, 4.69) is 29.0 Å². The molecule has 1 saturated heterocycles. The number of rotatable bonds is 9. The van der Waals surface area contributed by atoms with Crippen molar-refractivity contribution < 1.29 is 18.7 Å². The van der Waals surface area contributed by atoms with E-state index in [1.807, 2.05) is 6.20 Å². The second-order valence-electron chi connectivity index (χ2n) is 9.33. The Labute approximate surface area is 200 Å². The van der Waals surface area contributed by atoms with Crippen LogP contribution in [0.5, 0.6) is 5.75 Å². The van der Waals surface area contributed by atoms with Gasteiger partial charge in [-0.3, -0.25) is 4.98 Å². The summed E-state index contributed by atoms with van der Waals surface area (Å²) in [5.74, 6) is 0.991. The molecule has 2 heterocycles. The monoisotopic (exact) mass is 472 g/mol. The summed E-state index contributed by atoms with van der Waals surface area (Å²) >= 11 is 4.46. The van der Waals surface area contributed by atoms with Crippen molar-refractivity contribution in [1.29, 1.82) is 0 Å². The molecule has 2 fully saturated rings. The van der Waals surface area contributed by atoms with Crippen LogP contribution in [-0.4, -0.2) is 35.6 Å². The summed E-state index contributed by atoms with van der Waals surface area (Å²) in [6.45, 7) is 1.78. The summed E-state index contributed by atoms with van der Waals surface area (Å²) in [6, 6.07) is 8.13. The molecule has 0 radical (unpaired) electrons. The largest absolute Gasteiger partial charge is 0.490 e. The van der Waals surface area contributed by atoms with E-state index in [0.717, 1.165) is 50.8 Å². The molecule has 2 aromatic rings. The lowest BCUT2D eigenvalue weighted by atomic mass is 9.78. The predicted molar refractivity (Wildman–Crippen MR) is 129 cm³/mol. The van der Waals surface area contributed by atoms with Crippen LogP contribution in [0, 0.1) is 17.7 Å². The number of hydrogen-bond acceptors (Lipinski definition) is 6. The average molecular weight is 473 g/mol. The van der Waals surface area contributed by atoms with E-state index < -0.39 is 17.2 Å². The van der Waals surface area contributed by atoms with Crippen molar-refractivity contribution in [2.75, 3.05) is 13.2 Å². The van der Waals surface area contributed by atoms with Gasteiger partial charge in [-0.05, 0) is 86.7 Å². The van der Waals surface area contributed by atoms with E-state index >= 15 is 0 Å². The van der Waals surface area contributed by atoms with Gasteiger partial charge >= 0.3 is 5.97 Å². The molecule has 0 bridgehead atoms. The summed E-state index contributed by atoms with van der Waals surface area (Å²) in [7, 11) is 0. The molecule has 1 aromatic carbocycles. The highest BCUT2D eigenvalue weighted by Crippen LogP contribution is 2.34. The normalized spacial score (nSPS) is 23.8. The number of carbonyl (C=O) groups is 1. The Kier molecular flexibility index (Phi) is 8.62. The molecule has 7 heteroatoms. The minimum Gasteiger partial charge on any atom is -0.490 e. The van der Waals surface area contributed by atoms with Crippen LogP contribution in [0.3, 0.4) is 0 Å². The topological polar surface area (TPSA) is 60.5 Å². The summed E-state index contributed by atoms with van der Waals surface area (Å²) in [6.07, 6.45) is 12.3. The van der Waals surface area contributed by atoms with Gasteiger partial charge in [0.25, 0.3) is 0 Å². The molecule has 1 N–H and O–H groups in total. The van der Waals surface area contributed by atoms with Gasteiger partial charge < -0.3 is 14.8 Å². The number of benzene rings is 1. The predicted octanol–water partition coefficient (Wildman–Crippen LogP) is 5.20. The van der Waals surface area contributed by atoms with Gasteiger partial charge in [0, 0.05) is 12.2 Å². The third kappa shape index (κ3) is 7.44. The molecular weight excluding hydrogens is 439 g/mol. The lowest BCUT2D eigenvalue weighted by Gasteiger charge is -2.29. The first kappa shape index (κ1) is 24.0. The first-order valence-corrected chi connectivity index (χ1v) is 12.5. The molecular formula is C26H33FN2O3S. The Morgan fingerprint density at radius 1 is 1.15 bits per heavy atom. The van der Waals surface area contributed by atoms with Crippen LogP contribution >= 0.6 is 12.6 Å². The SMILES string of the molecule is O=C(OC(S)CC1CCC(Cc2cncc(OC[C@@H]3CCCN3)c2)CC1)c1cccc(F)c1. The summed E-state index contributed by atoms with van der Waals surface area (Å²) in [5, 5.41) is 3.45. The number of carbonyl (C=O) groups excluding carboxylic acids is 1. The number of halogens is 1. The van der Waals surface area contributed by atoms with Gasteiger partial charge in [-0.15, -0.1) is 12.6 Å². The Hall–Kier alpha value is -2.12. The first-order valence-electron chi connectivity index (χ1n) is 12.0. The molecule has 0 spiro atoms. The summed E-state index contributed by atoms with van der Waals surface area (Å²) in [4.78, 5) is 16.6. The maximum atomic E-state index is 13.3. The Morgan fingerprint density at radius 2 is 1.97 bits per heavy atom. The van der Waals surface area contributed by atoms with Crippen molar-refractivity contribution in [2.24, 2.45) is 11.8 Å². The molecule has 1 aromatic heterocycles. The zero-order valence-corrected chi connectivity index (χ0v) is 19.8. The van der Waals surface area contributed by atoms with Gasteiger partial charge in [0.15, 0.2) is 0 Å². The molecule has 2 aliphatic rings. The Balaban J connectivity index is 1.18. The quantitative estimate of drug-likeness (QED) is 0.298. The van der Waals surface area contributed by atoms with Crippen LogP contribution in [0.2, 0.25) is 0 Å². The summed E-state index contributed by atoms with van der Waals surface area (Å²) in [5.41, 5.74) is 0.971. The van der Waals surface area contributed by atoms with Crippen molar-refractivity contribution in [3.05, 3.63) is 59.7 Å². The molecule has 4 rings (SSSR count). The lowest BCUT2D eigenvalue weighted by molar-refractivity contribution is 0.0413. The van der Waals surface area contributed by atoms with Crippen molar-refractivity contribution in [1.82, 2.24) is 10.3 Å². The third-order valence-corrected chi connectivity index (χ3v) is 7.03. The zero-order valence-electron chi connectivity index (χ0n) is 18.9. The Bertz CT molecular complexity index is 914. The second-order valence-corrected chi connectivity index (χ2v) is 9.91. The fraction of sp³-hybridized carbons (Fsp3) is 0.538. The maximum Gasteiger partial charge on any atom is 0.339 e. The van der Waals surface area contributed by atoms with Gasteiger partial charge in [0.05, 0.1) is 11.8 Å². The van der Waals surface area contributed by atoms with E-state index in [4.69, 9.17) is 9.47 Å². The fourth-order valence-corrected chi connectivity index (χ4v) is 5.29. The zero-order chi connectivity index (χ0) is 23.0. The van der Waals surface area contributed by atoms with E-state index in [9.17, 15) is 9.18 Å². The van der Waals surface area contributed by atoms with Crippen molar-refractivity contribution in [3.63, 3.8) is 0 Å². The van der Waals surface area contributed by atoms with Gasteiger partial charge in [0.2, 0.25) is 0 Å². The molecule has 1 saturated carbocycles. The summed E-state index contributed by atoms with van der Waals surface area (Å²) < 4.78 is 24.7. The minimum atomic E-state index is -0.526. The van der Waals surface area contributed by atoms with Crippen LogP contribution in [0.1, 0.15) is 60.9 Å². The number of nitrogens with zero attached hydrogens (tertiary/aromatic N) is 1. The fourth-order valence-electron chi connectivity index (χ4n) is 4.90. The maximum absolute atomic E-state index is 13.3. The van der Waals surface area contributed by atoms with Gasteiger partial charge in [-0.2, -0.15) is 0 Å². The van der Waals surface area contributed by atoms with E-state index in [-0.39, 0.29) is 5.56 Å². The molecule has 1 aliphatic carbocycles. The van der Waals surface area contributed by atoms with E-state index in [1.165, 1.54) is 36.6 Å². The number of esters is 1. The van der Waals surface area contributed by atoms with Gasteiger partial charge in [0.1, 0.15) is 23.6 Å². The third-order valence-electron chi connectivity index (χ3n) is 6.71. The molecule has 0 amide bonds. The van der Waals surface area contributed by atoms with E-state index in [1.54, 1.807) is 12.3 Å². The van der Waals surface area contributed by atoms with Crippen molar-refractivity contribution >= 4 is 18.6 Å². The number of aromatic nitrogens is 1. The van der Waals surface area contributed by atoms with Crippen LogP contribution in [0.15, 0.2) is 42.7 Å². The van der Waals surface area contributed by atoms with E-state index in [0.29, 0.717) is 24.5 Å². The molecule has 178 valence electrons. The molecule has 1 unspecified atom stereocenters. The number of thiol groups is 1. The smallest absolute Gasteiger partial charge is 0.339 e. The van der Waals surface area contributed by atoms with Crippen LogP contribution in [-0.2, 0) is 11.2 Å². The van der Waals surface area contributed by atoms with Crippen molar-refractivity contribution in [3.8, 4) is 5.75 Å². The lowest BCUT2D eigenvalue weighted by Crippen LogP contribution is -2.28. The van der Waals surface area contributed by atoms with Crippen LogP contribution < -0.4 is 10.1 Å². The first-order chi connectivity index (χ1) is 16.0.